The number of hydrogen-bond donors (Lipinski definition) is 4. The van der Waals surface area contributed by atoms with Gasteiger partial charge < -0.3 is 19.6 Å². The van der Waals surface area contributed by atoms with Crippen molar-refractivity contribution in [2.45, 2.75) is 58.4 Å². The fraction of sp³-hybridized carbons (Fsp3) is 0.600. The van der Waals surface area contributed by atoms with E-state index in [-0.39, 0.29) is 5.69 Å². The molecule has 0 aliphatic rings. The van der Waals surface area contributed by atoms with Gasteiger partial charge in [-0.1, -0.05) is 28.5 Å². The monoisotopic (exact) mass is 407 g/mol. The Morgan fingerprint density at radius 1 is 1.15 bits per heavy atom. The van der Waals surface area contributed by atoms with Crippen molar-refractivity contribution in [3.8, 4) is 0 Å². The average molecular weight is 407 g/mol. The normalized spacial score (nSPS) is 13.8. The zero-order valence-corrected chi connectivity index (χ0v) is 17.2. The van der Waals surface area contributed by atoms with Crippen LogP contribution in [0.25, 0.3) is 0 Å². The molecule has 0 aliphatic heterocycles. The Hall–Kier alpha value is -1.08. The van der Waals surface area contributed by atoms with Gasteiger partial charge in [0.05, 0.1) is 12.2 Å². The van der Waals surface area contributed by atoms with Crippen LogP contribution < -0.4 is 0 Å². The highest BCUT2D eigenvalue weighted by atomic mass is 31.2. The summed E-state index contributed by atoms with van der Waals surface area (Å²) in [4.78, 5) is 35.0. The van der Waals surface area contributed by atoms with E-state index >= 15 is 0 Å². The first kappa shape index (κ1) is 23.0. The molecule has 11 heteroatoms. The fourth-order valence-electron chi connectivity index (χ4n) is 2.17. The summed E-state index contributed by atoms with van der Waals surface area (Å²) in [5, 5.41) is 7.63. The van der Waals surface area contributed by atoms with E-state index in [9.17, 15) is 28.7 Å². The lowest BCUT2D eigenvalue weighted by Gasteiger charge is -2.29. The number of aromatic nitrogens is 3. The quantitative estimate of drug-likeness (QED) is 0.361. The first-order valence-corrected chi connectivity index (χ1v) is 11.3. The standard InChI is InChI=1S/C15H27N3O6P2/c1-12(2)6-5-7-13(3)8-9-18-11-14(16-17-18)10-15(4,25(19,20)21)26(22,23)24/h6,8,11H,5,7,9-10H2,1-4H3,(H2,19,20,21)(H2,22,23,24)/b13-8+. The molecule has 148 valence electrons. The number of allylic oxidation sites excluding steroid dienone is 4. The van der Waals surface area contributed by atoms with Gasteiger partial charge >= 0.3 is 15.2 Å². The van der Waals surface area contributed by atoms with E-state index in [2.05, 4.69) is 16.4 Å². The van der Waals surface area contributed by atoms with Crippen molar-refractivity contribution in [1.82, 2.24) is 15.0 Å². The van der Waals surface area contributed by atoms with Crippen molar-refractivity contribution < 1.29 is 28.7 Å². The molecule has 0 aliphatic carbocycles. The van der Waals surface area contributed by atoms with Crippen molar-refractivity contribution in [1.29, 1.82) is 0 Å². The van der Waals surface area contributed by atoms with Crippen molar-refractivity contribution in [2.75, 3.05) is 0 Å². The first-order chi connectivity index (χ1) is 11.8. The summed E-state index contributed by atoms with van der Waals surface area (Å²) in [5.74, 6) is 0. The SMILES string of the molecule is CC(C)=CCC/C(C)=C/Cn1cc(CC(C)(P(=O)(O)O)P(=O)(O)O)nn1. The third-order valence-electron chi connectivity index (χ3n) is 4.08. The summed E-state index contributed by atoms with van der Waals surface area (Å²) < 4.78 is 24.7. The Balaban J connectivity index is 2.83. The average Bonchev–Trinajstić information content (AvgIpc) is 2.89. The van der Waals surface area contributed by atoms with Crippen LogP contribution in [0.5, 0.6) is 0 Å². The molecule has 0 aromatic carbocycles. The van der Waals surface area contributed by atoms with Crippen LogP contribution in [0.15, 0.2) is 29.5 Å². The second kappa shape index (κ2) is 8.74. The van der Waals surface area contributed by atoms with Gasteiger partial charge in [-0.2, -0.15) is 0 Å². The van der Waals surface area contributed by atoms with E-state index in [0.717, 1.165) is 25.3 Å². The van der Waals surface area contributed by atoms with Crippen LogP contribution >= 0.6 is 15.2 Å². The third kappa shape index (κ3) is 6.27. The molecule has 0 fully saturated rings. The lowest BCUT2D eigenvalue weighted by molar-refractivity contribution is 0.311. The Labute approximate surface area is 153 Å². The van der Waals surface area contributed by atoms with Crippen LogP contribution in [0.4, 0.5) is 0 Å². The Kier molecular flexibility index (Phi) is 7.72. The van der Waals surface area contributed by atoms with Crippen LogP contribution in [-0.2, 0) is 22.1 Å². The molecule has 0 saturated heterocycles. The van der Waals surface area contributed by atoms with Crippen molar-refractivity contribution in [3.63, 3.8) is 0 Å². The van der Waals surface area contributed by atoms with E-state index < -0.39 is 26.5 Å². The molecule has 0 saturated carbocycles. The predicted molar refractivity (Wildman–Crippen MR) is 98.6 cm³/mol. The molecule has 26 heavy (non-hydrogen) atoms. The van der Waals surface area contributed by atoms with E-state index in [0.29, 0.717) is 6.54 Å². The second-order valence-corrected chi connectivity index (χ2v) is 11.3. The molecule has 1 rings (SSSR count). The van der Waals surface area contributed by atoms with Gasteiger partial charge in [0.25, 0.3) is 0 Å². The van der Waals surface area contributed by atoms with Gasteiger partial charge in [-0.3, -0.25) is 9.13 Å². The van der Waals surface area contributed by atoms with E-state index in [1.165, 1.54) is 16.5 Å². The Bertz CT molecular complexity index is 748. The summed E-state index contributed by atoms with van der Waals surface area (Å²) in [6.45, 7) is 7.35. The van der Waals surface area contributed by atoms with Crippen LogP contribution in [-0.4, -0.2) is 39.5 Å². The van der Waals surface area contributed by atoms with Gasteiger partial charge in [0.1, 0.15) is 0 Å². The smallest absolute Gasteiger partial charge is 0.324 e. The highest BCUT2D eigenvalue weighted by molar-refractivity contribution is 7.72. The molecular formula is C15H27N3O6P2. The predicted octanol–water partition coefficient (Wildman–Crippen LogP) is 2.58. The molecule has 1 heterocycles. The molecule has 1 aromatic heterocycles. The molecule has 0 bridgehead atoms. The van der Waals surface area contributed by atoms with Crippen molar-refractivity contribution >= 4 is 15.2 Å². The summed E-state index contributed by atoms with van der Waals surface area (Å²) >= 11 is 0. The van der Waals surface area contributed by atoms with E-state index in [1.54, 1.807) is 0 Å². The molecule has 0 atom stereocenters. The largest absolute Gasteiger partial charge is 0.343 e. The van der Waals surface area contributed by atoms with E-state index in [1.807, 2.05) is 26.8 Å². The van der Waals surface area contributed by atoms with Gasteiger partial charge in [-0.05, 0) is 40.5 Å². The third-order valence-corrected chi connectivity index (χ3v) is 8.46. The number of rotatable bonds is 9. The number of nitrogens with zero attached hydrogens (tertiary/aromatic N) is 3. The fourth-order valence-corrected chi connectivity index (χ4v) is 4.26. The maximum absolute atomic E-state index is 11.6. The summed E-state index contributed by atoms with van der Waals surface area (Å²) in [7, 11) is -10.1. The zero-order chi connectivity index (χ0) is 20.2. The van der Waals surface area contributed by atoms with Gasteiger partial charge in [0, 0.05) is 12.6 Å². The minimum Gasteiger partial charge on any atom is -0.324 e. The molecule has 4 N–H and O–H groups in total. The second-order valence-electron chi connectivity index (χ2n) is 6.78. The minimum absolute atomic E-state index is 0.106. The molecule has 9 nitrogen and oxygen atoms in total. The van der Waals surface area contributed by atoms with E-state index in [4.69, 9.17) is 0 Å². The van der Waals surface area contributed by atoms with Crippen LogP contribution in [0.1, 0.15) is 46.2 Å². The molecular weight excluding hydrogens is 380 g/mol. The Morgan fingerprint density at radius 3 is 2.23 bits per heavy atom. The lowest BCUT2D eigenvalue weighted by atomic mass is 10.1. The topological polar surface area (TPSA) is 146 Å². The molecule has 0 radical (unpaired) electrons. The maximum atomic E-state index is 11.6. The molecule has 0 amide bonds. The van der Waals surface area contributed by atoms with Crippen LogP contribution in [0, 0.1) is 0 Å². The van der Waals surface area contributed by atoms with Gasteiger partial charge in [0.15, 0.2) is 4.90 Å². The molecule has 0 unspecified atom stereocenters. The van der Waals surface area contributed by atoms with Crippen molar-refractivity contribution in [2.24, 2.45) is 0 Å². The maximum Gasteiger partial charge on any atom is 0.343 e. The first-order valence-electron chi connectivity index (χ1n) is 8.05. The molecule has 0 spiro atoms. The molecule has 1 aromatic rings. The van der Waals surface area contributed by atoms with Gasteiger partial charge in [-0.25, -0.2) is 4.68 Å². The van der Waals surface area contributed by atoms with Crippen LogP contribution in [0.3, 0.4) is 0 Å². The van der Waals surface area contributed by atoms with Crippen molar-refractivity contribution in [3.05, 3.63) is 35.2 Å². The van der Waals surface area contributed by atoms with Crippen LogP contribution in [0.2, 0.25) is 0 Å². The highest BCUT2D eigenvalue weighted by Gasteiger charge is 2.56. The summed E-state index contributed by atoms with van der Waals surface area (Å²) in [5.41, 5.74) is 2.53. The number of hydrogen-bond acceptors (Lipinski definition) is 4. The zero-order valence-electron chi connectivity index (χ0n) is 15.4. The highest BCUT2D eigenvalue weighted by Crippen LogP contribution is 2.69. The van der Waals surface area contributed by atoms with Gasteiger partial charge in [0.2, 0.25) is 0 Å². The minimum atomic E-state index is -5.07. The summed E-state index contributed by atoms with van der Waals surface area (Å²) in [6, 6.07) is 0. The lowest BCUT2D eigenvalue weighted by Crippen LogP contribution is -2.28. The van der Waals surface area contributed by atoms with Gasteiger partial charge in [-0.15, -0.1) is 5.10 Å². The summed E-state index contributed by atoms with van der Waals surface area (Å²) in [6.07, 6.45) is 6.81. The Morgan fingerprint density at radius 2 is 1.73 bits per heavy atom.